The smallest absolute Gasteiger partial charge is 0.357 e. The highest BCUT2D eigenvalue weighted by Gasteiger charge is 2.53. The van der Waals surface area contributed by atoms with Crippen LogP contribution in [0.15, 0.2) is 0 Å². The predicted octanol–water partition coefficient (Wildman–Crippen LogP) is -2.20. The minimum Gasteiger partial charge on any atom is -0.481 e. The van der Waals surface area contributed by atoms with Crippen LogP contribution >= 0.6 is 30.4 Å². The first-order valence-corrected chi connectivity index (χ1v) is 13.8. The van der Waals surface area contributed by atoms with E-state index in [2.05, 4.69) is 4.52 Å². The number of carboxylic acid groups (broad SMARTS) is 2. The molecular weight excluding hydrogens is 506 g/mol. The van der Waals surface area contributed by atoms with Crippen LogP contribution in [0.2, 0.25) is 0 Å². The number of carbonyl (C=O) groups is 2. The molecule has 18 nitrogen and oxygen atoms in total. The Morgan fingerprint density at radius 2 is 1.20 bits per heavy atom. The number of aliphatic hydroxyl groups is 1. The van der Waals surface area contributed by atoms with Gasteiger partial charge in [0, 0.05) is 0 Å². The molecule has 11 N–H and O–H groups in total. The zero-order valence-electron chi connectivity index (χ0n) is 14.8. The summed E-state index contributed by atoms with van der Waals surface area (Å²) in [5.74, 6) is -2.85. The molecule has 0 radical (unpaired) electrons. The Morgan fingerprint density at radius 1 is 0.833 bits per heavy atom. The summed E-state index contributed by atoms with van der Waals surface area (Å²) in [6.45, 7) is 0.686. The van der Waals surface area contributed by atoms with Crippen molar-refractivity contribution < 1.29 is 81.9 Å². The van der Waals surface area contributed by atoms with Crippen molar-refractivity contribution in [2.75, 3.05) is 6.61 Å². The molecule has 30 heavy (non-hydrogen) atoms. The Bertz CT molecular complexity index is 757. The summed E-state index contributed by atoms with van der Waals surface area (Å²) >= 11 is 0. The number of rotatable bonds is 11. The van der Waals surface area contributed by atoms with E-state index in [1.54, 1.807) is 0 Å². The highest BCUT2D eigenvalue weighted by atomic mass is 31.2. The van der Waals surface area contributed by atoms with E-state index in [1.807, 2.05) is 0 Å². The van der Waals surface area contributed by atoms with Crippen LogP contribution in [0.25, 0.3) is 0 Å². The summed E-state index contributed by atoms with van der Waals surface area (Å²) in [4.78, 5) is 81.9. The third-order valence-corrected chi connectivity index (χ3v) is 9.87. The first kappa shape index (κ1) is 31.6. The van der Waals surface area contributed by atoms with Gasteiger partial charge in [-0.15, -0.1) is 0 Å². The molecule has 0 aromatic carbocycles. The lowest BCUT2D eigenvalue weighted by molar-refractivity contribution is -0.152. The standard InChI is InChI=1S/C4H15NO12P4.C4H6O5/c1-2-17-21(15,16)4(20(12,13)14)5-3(18(6,7)8)19(9,10)11;5-2(4(8)9)1-3(6)7/h3-5H,2H2,1H3,(H,15,16)(H2,6,7,8)(H2,9,10,11)(H2,12,13,14);2,5H,1H2,(H,6,7)(H,8,9). The molecule has 22 heteroatoms. The van der Waals surface area contributed by atoms with Crippen LogP contribution in [0.3, 0.4) is 0 Å². The van der Waals surface area contributed by atoms with Crippen molar-refractivity contribution >= 4 is 42.3 Å². The van der Waals surface area contributed by atoms with Crippen LogP contribution < -0.4 is 5.32 Å². The van der Waals surface area contributed by atoms with Gasteiger partial charge in [-0.2, -0.15) is 0 Å². The van der Waals surface area contributed by atoms with E-state index in [0.717, 1.165) is 0 Å². The minimum absolute atomic E-state index is 0.498. The van der Waals surface area contributed by atoms with Crippen molar-refractivity contribution in [3.8, 4) is 0 Å². The third kappa shape index (κ3) is 12.3. The predicted molar refractivity (Wildman–Crippen MR) is 94.2 cm³/mol. The van der Waals surface area contributed by atoms with Crippen LogP contribution in [0.5, 0.6) is 0 Å². The van der Waals surface area contributed by atoms with Gasteiger partial charge in [0.1, 0.15) is 0 Å². The molecule has 0 aromatic rings. The van der Waals surface area contributed by atoms with E-state index in [4.69, 9.17) is 44.7 Å². The lowest BCUT2D eigenvalue weighted by Gasteiger charge is -2.29. The Labute approximate surface area is 167 Å². The second-order valence-electron chi connectivity index (χ2n) is 5.12. The van der Waals surface area contributed by atoms with Gasteiger partial charge in [-0.1, -0.05) is 0 Å². The van der Waals surface area contributed by atoms with Crippen LogP contribution in [0.4, 0.5) is 0 Å². The normalized spacial score (nSPS) is 16.7. The fraction of sp³-hybridized carbons (Fsp3) is 0.750. The van der Waals surface area contributed by atoms with E-state index in [-0.39, 0.29) is 0 Å². The summed E-state index contributed by atoms with van der Waals surface area (Å²) in [5.41, 5.74) is -6.00. The third-order valence-electron chi connectivity index (χ3n) is 2.53. The fourth-order valence-corrected chi connectivity index (χ4v) is 7.05. The van der Waals surface area contributed by atoms with Crippen molar-refractivity contribution in [3.05, 3.63) is 0 Å². The molecule has 3 unspecified atom stereocenters. The van der Waals surface area contributed by atoms with Gasteiger partial charge in [-0.05, 0) is 6.92 Å². The molecule has 0 amide bonds. The second kappa shape index (κ2) is 11.9. The molecule has 0 aliphatic heterocycles. The number of hydrogen-bond acceptors (Lipinski definition) is 9. The Hall–Kier alpha value is -0.540. The molecule has 0 fully saturated rings. The molecule has 0 bridgehead atoms. The summed E-state index contributed by atoms with van der Waals surface area (Å²) in [6.07, 6.45) is -2.54. The van der Waals surface area contributed by atoms with Gasteiger partial charge in [0.05, 0.1) is 13.0 Å². The quantitative estimate of drug-likeness (QED) is 0.127. The van der Waals surface area contributed by atoms with Crippen LogP contribution in [0, 0.1) is 0 Å². The largest absolute Gasteiger partial charge is 0.481 e. The van der Waals surface area contributed by atoms with Gasteiger partial charge in [0.25, 0.3) is 0 Å². The fourth-order valence-electron chi connectivity index (χ4n) is 1.41. The van der Waals surface area contributed by atoms with Gasteiger partial charge in [0.15, 0.2) is 6.10 Å². The van der Waals surface area contributed by atoms with Crippen LogP contribution in [0.1, 0.15) is 13.3 Å². The zero-order chi connectivity index (χ0) is 24.7. The molecule has 0 spiro atoms. The summed E-state index contributed by atoms with van der Waals surface area (Å²) in [7, 11) is -22.0. The summed E-state index contributed by atoms with van der Waals surface area (Å²) < 4.78 is 49.0. The molecule has 0 saturated heterocycles. The second-order valence-corrected chi connectivity index (χ2v) is 12.9. The maximum atomic E-state index is 11.6. The van der Waals surface area contributed by atoms with Gasteiger partial charge in [-0.25, -0.2) is 4.79 Å². The molecule has 0 aliphatic rings. The van der Waals surface area contributed by atoms with E-state index in [9.17, 15) is 32.7 Å². The van der Waals surface area contributed by atoms with E-state index in [0.29, 0.717) is 0 Å². The monoisotopic (exact) mass is 527 g/mol. The first-order valence-electron chi connectivity index (χ1n) is 7.08. The molecule has 0 aromatic heterocycles. The SMILES string of the molecule is CCOP(=O)(O)C(NC(P(=O)(O)O)P(=O)(O)O)P(=O)(O)O.O=C(O)CC(O)C(=O)O. The maximum absolute atomic E-state index is 11.6. The molecule has 180 valence electrons. The molecule has 0 saturated carbocycles. The molecular formula is C8H21NO17P4. The number of nitrogens with one attached hydrogen (secondary N) is 1. The lowest BCUT2D eigenvalue weighted by Crippen LogP contribution is -2.38. The van der Waals surface area contributed by atoms with Crippen molar-refractivity contribution in [1.29, 1.82) is 0 Å². The zero-order valence-corrected chi connectivity index (χ0v) is 18.3. The van der Waals surface area contributed by atoms with E-state index >= 15 is 0 Å². The van der Waals surface area contributed by atoms with Crippen molar-refractivity contribution in [1.82, 2.24) is 5.32 Å². The number of carboxylic acids is 2. The average Bonchev–Trinajstić information content (AvgIpc) is 2.42. The van der Waals surface area contributed by atoms with Crippen molar-refractivity contribution in [2.45, 2.75) is 30.5 Å². The summed E-state index contributed by atoms with van der Waals surface area (Å²) in [5, 5.41) is 25.3. The molecule has 0 rings (SSSR count). The molecule has 0 heterocycles. The van der Waals surface area contributed by atoms with Crippen LogP contribution in [-0.4, -0.2) is 85.3 Å². The summed E-state index contributed by atoms with van der Waals surface area (Å²) in [6, 6.07) is 0. The van der Waals surface area contributed by atoms with Gasteiger partial charge in [0.2, 0.25) is 11.0 Å². The van der Waals surface area contributed by atoms with E-state index < -0.39 is 72.5 Å². The first-order chi connectivity index (χ1) is 13.1. The Kier molecular flexibility index (Phi) is 12.6. The number of aliphatic hydroxyl groups excluding tert-OH is 1. The highest BCUT2D eigenvalue weighted by molar-refractivity contribution is 7.72. The van der Waals surface area contributed by atoms with Crippen molar-refractivity contribution in [3.63, 3.8) is 0 Å². The Balaban J connectivity index is 0. The number of aliphatic carboxylic acids is 2. The van der Waals surface area contributed by atoms with Crippen molar-refractivity contribution in [2.24, 2.45) is 0 Å². The average molecular weight is 527 g/mol. The molecule has 0 aliphatic carbocycles. The number of hydrogen-bond donors (Lipinski definition) is 11. The highest BCUT2D eigenvalue weighted by Crippen LogP contribution is 2.65. The Morgan fingerprint density at radius 3 is 1.40 bits per heavy atom. The topological polar surface area (TPSA) is 326 Å². The lowest BCUT2D eigenvalue weighted by atomic mass is 10.3. The minimum atomic E-state index is -5.61. The van der Waals surface area contributed by atoms with Gasteiger partial charge >= 0.3 is 42.3 Å². The van der Waals surface area contributed by atoms with Gasteiger partial charge in [-0.3, -0.25) is 28.4 Å². The molecule has 3 atom stereocenters. The van der Waals surface area contributed by atoms with E-state index in [1.165, 1.54) is 12.2 Å². The van der Waals surface area contributed by atoms with Crippen LogP contribution in [-0.2, 0) is 32.4 Å². The maximum Gasteiger partial charge on any atom is 0.357 e. The van der Waals surface area contributed by atoms with Gasteiger partial charge < -0.3 is 54.1 Å².